The van der Waals surface area contributed by atoms with Crippen LogP contribution in [0.5, 0.6) is 0 Å². The van der Waals surface area contributed by atoms with Gasteiger partial charge in [0.2, 0.25) is 0 Å². The van der Waals surface area contributed by atoms with E-state index in [0.717, 1.165) is 173 Å². The Balaban J connectivity index is 4.46. The van der Waals surface area contributed by atoms with Crippen molar-refractivity contribution in [2.45, 2.75) is 297 Å². The average Bonchev–Trinajstić information content (AvgIpc) is 3.49. The molecule has 0 aliphatic carbocycles. The van der Waals surface area contributed by atoms with E-state index >= 15 is 0 Å². The number of allylic oxidation sites excluding steroid dienone is 26. The number of hydrogen-bond donors (Lipinski definition) is 0. The number of rotatable bonds is 60. The molecule has 0 amide bonds. The molecule has 468 valence electrons. The molecule has 6 heteroatoms. The molecule has 0 aromatic carbocycles. The maximum Gasteiger partial charge on any atom is 0.306 e. The lowest BCUT2D eigenvalue weighted by molar-refractivity contribution is -0.167. The lowest BCUT2D eigenvalue weighted by Crippen LogP contribution is -2.30. The molecule has 0 aromatic rings. The fourth-order valence-electron chi connectivity index (χ4n) is 9.01. The Morgan fingerprint density at radius 3 is 0.735 bits per heavy atom. The van der Waals surface area contributed by atoms with E-state index < -0.39 is 6.10 Å². The summed E-state index contributed by atoms with van der Waals surface area (Å²) in [5.41, 5.74) is 0. The minimum Gasteiger partial charge on any atom is -0.462 e. The molecule has 0 saturated heterocycles. The second-order valence-corrected chi connectivity index (χ2v) is 22.0. The first-order valence-corrected chi connectivity index (χ1v) is 34.0. The Labute approximate surface area is 511 Å². The van der Waals surface area contributed by atoms with Crippen molar-refractivity contribution in [1.29, 1.82) is 0 Å². The molecule has 0 fully saturated rings. The molecule has 0 aliphatic rings. The van der Waals surface area contributed by atoms with Gasteiger partial charge in [-0.15, -0.1) is 0 Å². The van der Waals surface area contributed by atoms with Gasteiger partial charge in [-0.05, 0) is 128 Å². The van der Waals surface area contributed by atoms with Gasteiger partial charge >= 0.3 is 17.9 Å². The standard InChI is InChI=1S/C77H124O6/c1-4-7-10-13-16-19-22-25-28-30-32-34-35-36-37-38-39-40-41-43-44-46-49-52-55-58-61-64-67-70-76(79)82-73-74(72-81-75(78)69-66-63-60-57-54-51-48-27-24-21-18-15-12-9-6-3)83-77(80)71-68-65-62-59-56-53-50-47-45-42-33-31-29-26-23-20-17-14-11-8-5-2/h7-8,10-11,16-17,19-20,25-26,28-29,32-34,36-37,39-40,42-44,47,49-50,52,74H,4-6,9,12-15,18,21-24,27,30-31,35,38,41,45-46,48,51,53-73H2,1-3H3/b10-7-,11-8-,19-16-,20-17-,28-25-,29-26-,34-32-,37-36-,40-39-,42-33-,44-43-,50-47-,52-49-. The van der Waals surface area contributed by atoms with Crippen LogP contribution < -0.4 is 0 Å². The third-order valence-corrected chi connectivity index (χ3v) is 14.0. The minimum absolute atomic E-state index is 0.0980. The molecule has 0 N–H and O–H groups in total. The molecule has 0 spiro atoms. The Morgan fingerprint density at radius 1 is 0.253 bits per heavy atom. The highest BCUT2D eigenvalue weighted by molar-refractivity contribution is 5.71. The molecule has 83 heavy (non-hydrogen) atoms. The molecule has 0 heterocycles. The number of unbranched alkanes of at least 4 members (excludes halogenated alkanes) is 23. The van der Waals surface area contributed by atoms with Crippen molar-refractivity contribution < 1.29 is 28.6 Å². The zero-order valence-corrected chi connectivity index (χ0v) is 53.7. The van der Waals surface area contributed by atoms with Gasteiger partial charge in [0.25, 0.3) is 0 Å². The molecule has 0 bridgehead atoms. The van der Waals surface area contributed by atoms with Gasteiger partial charge in [-0.2, -0.15) is 0 Å². The molecule has 1 unspecified atom stereocenters. The Kier molecular flexibility index (Phi) is 65.4. The third kappa shape index (κ3) is 67.7. The molecule has 1 atom stereocenters. The van der Waals surface area contributed by atoms with Gasteiger partial charge in [0.05, 0.1) is 0 Å². The van der Waals surface area contributed by atoms with Gasteiger partial charge < -0.3 is 14.2 Å². The quantitative estimate of drug-likeness (QED) is 0.0261. The number of carbonyl (C=O) groups excluding carboxylic acids is 3. The second kappa shape index (κ2) is 69.5. The van der Waals surface area contributed by atoms with Crippen LogP contribution in [0.25, 0.3) is 0 Å². The monoisotopic (exact) mass is 1140 g/mol. The summed E-state index contributed by atoms with van der Waals surface area (Å²) in [5, 5.41) is 0. The van der Waals surface area contributed by atoms with Crippen LogP contribution in [0.2, 0.25) is 0 Å². The molecule has 0 radical (unpaired) electrons. The highest BCUT2D eigenvalue weighted by atomic mass is 16.6. The zero-order chi connectivity index (χ0) is 59.9. The van der Waals surface area contributed by atoms with Gasteiger partial charge in [-0.25, -0.2) is 0 Å². The van der Waals surface area contributed by atoms with Crippen molar-refractivity contribution in [3.05, 3.63) is 158 Å². The average molecular weight is 1150 g/mol. The molecular formula is C77H124O6. The summed E-state index contributed by atoms with van der Waals surface area (Å²) < 4.78 is 16.9. The van der Waals surface area contributed by atoms with E-state index in [1.54, 1.807) is 0 Å². The summed E-state index contributed by atoms with van der Waals surface area (Å²) in [7, 11) is 0. The first-order valence-electron chi connectivity index (χ1n) is 34.0. The van der Waals surface area contributed by atoms with Crippen LogP contribution in [0.4, 0.5) is 0 Å². The molecule has 0 aromatic heterocycles. The Hall–Kier alpha value is -4.97. The fourth-order valence-corrected chi connectivity index (χ4v) is 9.01. The number of ether oxygens (including phenoxy) is 3. The van der Waals surface area contributed by atoms with Crippen molar-refractivity contribution >= 4 is 17.9 Å². The molecule has 0 rings (SSSR count). The summed E-state index contributed by atoms with van der Waals surface area (Å²) in [6, 6.07) is 0. The van der Waals surface area contributed by atoms with Crippen LogP contribution in [-0.4, -0.2) is 37.2 Å². The summed E-state index contributed by atoms with van der Waals surface area (Å²) in [6.45, 7) is 6.39. The number of carbonyl (C=O) groups is 3. The van der Waals surface area contributed by atoms with E-state index in [-0.39, 0.29) is 31.1 Å². The van der Waals surface area contributed by atoms with Gasteiger partial charge in [0.1, 0.15) is 13.2 Å². The van der Waals surface area contributed by atoms with Crippen LogP contribution in [0.3, 0.4) is 0 Å². The van der Waals surface area contributed by atoms with E-state index in [0.29, 0.717) is 19.3 Å². The zero-order valence-electron chi connectivity index (χ0n) is 53.7. The SMILES string of the molecule is CC/C=C\C/C=C\C/C=C\C/C=C\C/C=C\C/C=C\C/C=C\C/C=C\CCCCCCC(=O)OCC(COC(=O)CCCCCCCCCCCCCCCCC)OC(=O)CCCCCCC/C=C\C/C=C\C/C=C\C/C=C\C/C=C\CC. The maximum absolute atomic E-state index is 12.9. The topological polar surface area (TPSA) is 78.9 Å². The van der Waals surface area contributed by atoms with E-state index in [1.165, 1.54) is 77.0 Å². The predicted octanol–water partition coefficient (Wildman–Crippen LogP) is 23.7. The summed E-state index contributed by atoms with van der Waals surface area (Å²) >= 11 is 0. The van der Waals surface area contributed by atoms with Crippen LogP contribution >= 0.6 is 0 Å². The molecule has 6 nitrogen and oxygen atoms in total. The van der Waals surface area contributed by atoms with Crippen LogP contribution in [0, 0.1) is 0 Å². The van der Waals surface area contributed by atoms with E-state index in [1.807, 2.05) is 0 Å². The highest BCUT2D eigenvalue weighted by Gasteiger charge is 2.19. The van der Waals surface area contributed by atoms with Crippen LogP contribution in [0.1, 0.15) is 290 Å². The van der Waals surface area contributed by atoms with Crippen LogP contribution in [0.15, 0.2) is 158 Å². The normalized spacial score (nSPS) is 13.1. The summed E-state index contributed by atoms with van der Waals surface area (Å²) in [5.74, 6) is -0.940. The Morgan fingerprint density at radius 2 is 0.470 bits per heavy atom. The largest absolute Gasteiger partial charge is 0.462 e. The minimum atomic E-state index is -0.807. The van der Waals surface area contributed by atoms with Crippen molar-refractivity contribution in [2.75, 3.05) is 13.2 Å². The van der Waals surface area contributed by atoms with E-state index in [2.05, 4.69) is 179 Å². The maximum atomic E-state index is 12.9. The number of esters is 3. The first-order chi connectivity index (χ1) is 41.0. The van der Waals surface area contributed by atoms with Crippen molar-refractivity contribution in [2.24, 2.45) is 0 Å². The molecular weight excluding hydrogens is 1020 g/mol. The summed E-state index contributed by atoms with van der Waals surface area (Å²) in [6.07, 6.45) is 101. The third-order valence-electron chi connectivity index (χ3n) is 14.0. The van der Waals surface area contributed by atoms with Crippen molar-refractivity contribution in [3.63, 3.8) is 0 Å². The van der Waals surface area contributed by atoms with Gasteiger partial charge in [-0.3, -0.25) is 14.4 Å². The summed E-state index contributed by atoms with van der Waals surface area (Å²) in [4.78, 5) is 38.4. The highest BCUT2D eigenvalue weighted by Crippen LogP contribution is 2.16. The molecule has 0 saturated carbocycles. The fraction of sp³-hybridized carbons (Fsp3) is 0.623. The van der Waals surface area contributed by atoms with Crippen molar-refractivity contribution in [1.82, 2.24) is 0 Å². The van der Waals surface area contributed by atoms with Crippen LogP contribution in [-0.2, 0) is 28.6 Å². The smallest absolute Gasteiger partial charge is 0.306 e. The lowest BCUT2D eigenvalue weighted by Gasteiger charge is -2.18. The van der Waals surface area contributed by atoms with E-state index in [9.17, 15) is 14.4 Å². The van der Waals surface area contributed by atoms with E-state index in [4.69, 9.17) is 14.2 Å². The second-order valence-electron chi connectivity index (χ2n) is 22.0. The van der Waals surface area contributed by atoms with Gasteiger partial charge in [-0.1, -0.05) is 301 Å². The predicted molar refractivity (Wildman–Crippen MR) is 362 cm³/mol. The first kappa shape index (κ1) is 78.0. The Bertz CT molecular complexity index is 1840. The van der Waals surface area contributed by atoms with Gasteiger partial charge in [0.15, 0.2) is 6.10 Å². The van der Waals surface area contributed by atoms with Crippen molar-refractivity contribution in [3.8, 4) is 0 Å². The number of hydrogen-bond acceptors (Lipinski definition) is 6. The van der Waals surface area contributed by atoms with Gasteiger partial charge in [0, 0.05) is 19.3 Å². The lowest BCUT2D eigenvalue weighted by atomic mass is 10.0. The molecule has 0 aliphatic heterocycles.